The Morgan fingerprint density at radius 3 is 2.69 bits per heavy atom. The summed E-state index contributed by atoms with van der Waals surface area (Å²) >= 11 is 0. The average molecular weight is 388 g/mol. The minimum atomic E-state index is -0.190. The molecular formula is C22H20N4O3. The molecule has 2 heterocycles. The van der Waals surface area contributed by atoms with Gasteiger partial charge in [-0.2, -0.15) is 4.98 Å². The monoisotopic (exact) mass is 388 g/mol. The summed E-state index contributed by atoms with van der Waals surface area (Å²) in [5, 5.41) is 6.93. The molecule has 0 bridgehead atoms. The van der Waals surface area contributed by atoms with Gasteiger partial charge in [-0.3, -0.25) is 4.79 Å². The summed E-state index contributed by atoms with van der Waals surface area (Å²) in [5.74, 6) is 1.28. The molecule has 0 radical (unpaired) electrons. The van der Waals surface area contributed by atoms with E-state index in [4.69, 9.17) is 9.26 Å². The number of para-hydroxylation sites is 2. The van der Waals surface area contributed by atoms with Crippen LogP contribution in [0.4, 0.5) is 5.69 Å². The topological polar surface area (TPSA) is 82.2 Å². The molecule has 0 atom stereocenters. The Labute approximate surface area is 167 Å². The zero-order valence-electron chi connectivity index (χ0n) is 16.1. The lowest BCUT2D eigenvalue weighted by Gasteiger charge is -2.11. The lowest BCUT2D eigenvalue weighted by molar-refractivity contribution is -0.116. The molecule has 0 aliphatic heterocycles. The number of aromatic nitrogens is 3. The number of anilines is 1. The third kappa shape index (κ3) is 4.03. The molecule has 1 N–H and O–H groups in total. The van der Waals surface area contributed by atoms with Gasteiger partial charge in [0.05, 0.1) is 12.8 Å². The van der Waals surface area contributed by atoms with Gasteiger partial charge in [0, 0.05) is 11.8 Å². The van der Waals surface area contributed by atoms with Gasteiger partial charge in [-0.05, 0) is 31.2 Å². The number of benzene rings is 2. The van der Waals surface area contributed by atoms with Gasteiger partial charge in [0.1, 0.15) is 18.0 Å². The zero-order valence-corrected chi connectivity index (χ0v) is 16.1. The van der Waals surface area contributed by atoms with Crippen LogP contribution in [0.15, 0.2) is 71.4 Å². The summed E-state index contributed by atoms with van der Waals surface area (Å²) in [5.41, 5.74) is 3.32. The van der Waals surface area contributed by atoms with Crippen LogP contribution >= 0.6 is 0 Å². The fourth-order valence-corrected chi connectivity index (χ4v) is 2.99. The van der Waals surface area contributed by atoms with Crippen LogP contribution in [0.1, 0.15) is 5.56 Å². The Balaban J connectivity index is 1.52. The van der Waals surface area contributed by atoms with Crippen molar-refractivity contribution in [3.05, 3.63) is 72.4 Å². The fraction of sp³-hybridized carbons (Fsp3) is 0.136. The summed E-state index contributed by atoms with van der Waals surface area (Å²) in [7, 11) is 1.57. The smallest absolute Gasteiger partial charge is 0.274 e. The molecule has 0 spiro atoms. The highest BCUT2D eigenvalue weighted by molar-refractivity contribution is 5.92. The number of rotatable bonds is 6. The second-order valence-corrected chi connectivity index (χ2v) is 6.56. The number of hydrogen-bond donors (Lipinski definition) is 1. The van der Waals surface area contributed by atoms with E-state index < -0.39 is 0 Å². The molecule has 0 aliphatic carbocycles. The van der Waals surface area contributed by atoms with Crippen LogP contribution in [-0.2, 0) is 11.3 Å². The maximum absolute atomic E-state index is 12.5. The molecule has 4 aromatic rings. The normalized spacial score (nSPS) is 10.7. The van der Waals surface area contributed by atoms with Crippen LogP contribution in [0.2, 0.25) is 0 Å². The van der Waals surface area contributed by atoms with E-state index >= 15 is 0 Å². The number of ether oxygens (including phenoxy) is 1. The van der Waals surface area contributed by atoms with Crippen LogP contribution in [-0.4, -0.2) is 27.7 Å². The summed E-state index contributed by atoms with van der Waals surface area (Å²) in [6.07, 6.45) is 1.80. The minimum Gasteiger partial charge on any atom is -0.495 e. The van der Waals surface area contributed by atoms with E-state index in [1.807, 2.05) is 55.5 Å². The van der Waals surface area contributed by atoms with E-state index in [0.29, 0.717) is 28.8 Å². The van der Waals surface area contributed by atoms with Gasteiger partial charge in [-0.15, -0.1) is 0 Å². The van der Waals surface area contributed by atoms with Gasteiger partial charge in [-0.1, -0.05) is 47.1 Å². The SMILES string of the molecule is COc1ccccc1NC(=O)Cn1cccc1-c1nc(-c2ccc(C)cc2)no1. The van der Waals surface area contributed by atoms with Crippen molar-refractivity contribution in [3.8, 4) is 28.7 Å². The average Bonchev–Trinajstić information content (AvgIpc) is 3.38. The fourth-order valence-electron chi connectivity index (χ4n) is 2.99. The highest BCUT2D eigenvalue weighted by Gasteiger charge is 2.16. The minimum absolute atomic E-state index is 0.0998. The molecule has 7 nitrogen and oxygen atoms in total. The molecule has 1 amide bonds. The van der Waals surface area contributed by atoms with Crippen LogP contribution in [0.25, 0.3) is 23.0 Å². The van der Waals surface area contributed by atoms with Crippen molar-refractivity contribution in [1.29, 1.82) is 0 Å². The van der Waals surface area contributed by atoms with Gasteiger partial charge in [0.25, 0.3) is 5.89 Å². The van der Waals surface area contributed by atoms with Crippen molar-refractivity contribution in [2.45, 2.75) is 13.5 Å². The first-order chi connectivity index (χ1) is 14.1. The lowest BCUT2D eigenvalue weighted by atomic mass is 10.1. The van der Waals surface area contributed by atoms with Crippen molar-refractivity contribution in [3.63, 3.8) is 0 Å². The van der Waals surface area contributed by atoms with Gasteiger partial charge in [0.2, 0.25) is 11.7 Å². The third-order valence-corrected chi connectivity index (χ3v) is 4.48. The van der Waals surface area contributed by atoms with Crippen LogP contribution < -0.4 is 10.1 Å². The third-order valence-electron chi connectivity index (χ3n) is 4.48. The number of aryl methyl sites for hydroxylation is 1. The van der Waals surface area contributed by atoms with Gasteiger partial charge in [0.15, 0.2) is 0 Å². The number of carbonyl (C=O) groups is 1. The van der Waals surface area contributed by atoms with Gasteiger partial charge >= 0.3 is 0 Å². The Kier molecular flexibility index (Phi) is 5.11. The number of nitrogens with zero attached hydrogens (tertiary/aromatic N) is 3. The maximum atomic E-state index is 12.5. The number of methoxy groups -OCH3 is 1. The predicted octanol–water partition coefficient (Wildman–Crippen LogP) is 4.16. The van der Waals surface area contributed by atoms with Crippen molar-refractivity contribution in [2.24, 2.45) is 0 Å². The number of amides is 1. The molecular weight excluding hydrogens is 368 g/mol. The quantitative estimate of drug-likeness (QED) is 0.536. The van der Waals surface area contributed by atoms with Gasteiger partial charge in [-0.25, -0.2) is 0 Å². The second-order valence-electron chi connectivity index (χ2n) is 6.56. The molecule has 2 aromatic carbocycles. The highest BCUT2D eigenvalue weighted by atomic mass is 16.5. The number of nitrogens with one attached hydrogen (secondary N) is 1. The van der Waals surface area contributed by atoms with Gasteiger partial charge < -0.3 is 19.1 Å². The first-order valence-corrected chi connectivity index (χ1v) is 9.13. The summed E-state index contributed by atoms with van der Waals surface area (Å²) < 4.78 is 12.5. The molecule has 146 valence electrons. The standard InChI is InChI=1S/C22H20N4O3/c1-15-9-11-16(12-10-15)21-24-22(29-25-21)18-7-5-13-26(18)14-20(27)23-17-6-3-4-8-19(17)28-2/h3-13H,14H2,1-2H3,(H,23,27). The largest absolute Gasteiger partial charge is 0.495 e. The molecule has 0 aliphatic rings. The van der Waals surface area contributed by atoms with Crippen LogP contribution in [0, 0.1) is 6.92 Å². The molecule has 0 fully saturated rings. The Bertz CT molecular complexity index is 1130. The van der Waals surface area contributed by atoms with E-state index in [2.05, 4.69) is 15.5 Å². The summed E-state index contributed by atoms with van der Waals surface area (Å²) in [4.78, 5) is 17.0. The van der Waals surface area contributed by atoms with Crippen molar-refractivity contribution >= 4 is 11.6 Å². The van der Waals surface area contributed by atoms with E-state index in [1.165, 1.54) is 0 Å². The lowest BCUT2D eigenvalue weighted by Crippen LogP contribution is -2.19. The summed E-state index contributed by atoms with van der Waals surface area (Å²) in [6.45, 7) is 2.12. The Morgan fingerprint density at radius 2 is 1.90 bits per heavy atom. The molecule has 4 rings (SSSR count). The Hall–Kier alpha value is -3.87. The number of hydrogen-bond acceptors (Lipinski definition) is 5. The van der Waals surface area contributed by atoms with Crippen LogP contribution in [0.5, 0.6) is 5.75 Å². The molecule has 0 saturated heterocycles. The van der Waals surface area contributed by atoms with Crippen molar-refractivity contribution in [1.82, 2.24) is 14.7 Å². The predicted molar refractivity (Wildman–Crippen MR) is 110 cm³/mol. The first-order valence-electron chi connectivity index (χ1n) is 9.13. The summed E-state index contributed by atoms with van der Waals surface area (Å²) in [6, 6.07) is 18.8. The zero-order chi connectivity index (χ0) is 20.2. The molecule has 0 unspecified atom stereocenters. The van der Waals surface area contributed by atoms with Crippen molar-refractivity contribution in [2.75, 3.05) is 12.4 Å². The van der Waals surface area contributed by atoms with E-state index in [1.54, 1.807) is 30.0 Å². The number of carbonyl (C=O) groups excluding carboxylic acids is 1. The molecule has 7 heteroatoms. The highest BCUT2D eigenvalue weighted by Crippen LogP contribution is 2.25. The second kappa shape index (κ2) is 8.02. The van der Waals surface area contributed by atoms with E-state index in [0.717, 1.165) is 11.1 Å². The van der Waals surface area contributed by atoms with Crippen molar-refractivity contribution < 1.29 is 14.1 Å². The maximum Gasteiger partial charge on any atom is 0.274 e. The Morgan fingerprint density at radius 1 is 1.10 bits per heavy atom. The van der Waals surface area contributed by atoms with E-state index in [-0.39, 0.29) is 12.5 Å². The van der Waals surface area contributed by atoms with Crippen LogP contribution in [0.3, 0.4) is 0 Å². The first kappa shape index (κ1) is 18.5. The molecule has 0 saturated carbocycles. The molecule has 29 heavy (non-hydrogen) atoms. The van der Waals surface area contributed by atoms with E-state index in [9.17, 15) is 4.79 Å². The molecule has 2 aromatic heterocycles.